The molecule has 0 radical (unpaired) electrons. The lowest BCUT2D eigenvalue weighted by atomic mass is 10.0. The molecule has 3 aromatic carbocycles. The largest absolute Gasteiger partial charge is 0.497 e. The monoisotopic (exact) mass is 517 g/mol. The molecule has 0 unspecified atom stereocenters. The van der Waals surface area contributed by atoms with Gasteiger partial charge in [-0.15, -0.1) is 0 Å². The van der Waals surface area contributed by atoms with Crippen molar-refractivity contribution in [3.8, 4) is 28.4 Å². The second-order valence-electron chi connectivity index (χ2n) is 8.93. The van der Waals surface area contributed by atoms with Gasteiger partial charge in [0.1, 0.15) is 28.5 Å². The average Bonchev–Trinajstić information content (AvgIpc) is 3.35. The molecule has 0 aliphatic carbocycles. The van der Waals surface area contributed by atoms with E-state index in [1.807, 2.05) is 24.3 Å². The maximum Gasteiger partial charge on any atom is 0.360 e. The predicted molar refractivity (Wildman–Crippen MR) is 141 cm³/mol. The van der Waals surface area contributed by atoms with Crippen molar-refractivity contribution in [3.63, 3.8) is 0 Å². The van der Waals surface area contributed by atoms with E-state index < -0.39 is 23.9 Å². The van der Waals surface area contributed by atoms with E-state index in [2.05, 4.69) is 5.32 Å². The molecule has 2 N–H and O–H groups in total. The Morgan fingerprint density at radius 2 is 1.84 bits per heavy atom. The molecular formula is C29H27NO8. The Morgan fingerprint density at radius 3 is 2.58 bits per heavy atom. The van der Waals surface area contributed by atoms with E-state index >= 15 is 0 Å². The van der Waals surface area contributed by atoms with Crippen LogP contribution in [0.4, 0.5) is 5.69 Å². The van der Waals surface area contributed by atoms with E-state index in [-0.39, 0.29) is 12.3 Å². The van der Waals surface area contributed by atoms with Gasteiger partial charge in [0.2, 0.25) is 6.29 Å². The molecule has 1 aliphatic heterocycles. The third-order valence-electron chi connectivity index (χ3n) is 6.39. The zero-order chi connectivity index (χ0) is 26.8. The Labute approximate surface area is 218 Å². The van der Waals surface area contributed by atoms with Gasteiger partial charge in [-0.1, -0.05) is 12.1 Å². The van der Waals surface area contributed by atoms with E-state index in [0.717, 1.165) is 5.56 Å². The number of ether oxygens (including phenoxy) is 4. The summed E-state index contributed by atoms with van der Waals surface area (Å²) in [4.78, 5) is 25.9. The number of carbonyl (C=O) groups is 1. The Balaban J connectivity index is 1.41. The van der Waals surface area contributed by atoms with Crippen molar-refractivity contribution in [1.29, 1.82) is 0 Å². The van der Waals surface area contributed by atoms with Crippen LogP contribution in [-0.4, -0.2) is 44.2 Å². The summed E-state index contributed by atoms with van der Waals surface area (Å²) in [6, 6.07) is 17.5. The van der Waals surface area contributed by atoms with Crippen molar-refractivity contribution in [2.24, 2.45) is 0 Å². The lowest BCUT2D eigenvalue weighted by Gasteiger charge is -2.15. The van der Waals surface area contributed by atoms with E-state index in [1.54, 1.807) is 57.5 Å². The molecular weight excluding hydrogens is 490 g/mol. The highest BCUT2D eigenvalue weighted by molar-refractivity contribution is 6.05. The van der Waals surface area contributed by atoms with Crippen LogP contribution in [0.15, 0.2) is 69.9 Å². The summed E-state index contributed by atoms with van der Waals surface area (Å²) in [5.74, 6) is 1.27. The van der Waals surface area contributed by atoms with Gasteiger partial charge in [-0.05, 0) is 61.0 Å². The molecule has 196 valence electrons. The number of aryl methyl sites for hydroxylation is 1. The van der Waals surface area contributed by atoms with Crippen molar-refractivity contribution < 1.29 is 33.3 Å². The number of carbonyl (C=O) groups excluding carboxylic acids is 1. The third-order valence-corrected chi connectivity index (χ3v) is 6.39. The van der Waals surface area contributed by atoms with Crippen LogP contribution >= 0.6 is 0 Å². The smallest absolute Gasteiger partial charge is 0.360 e. The van der Waals surface area contributed by atoms with E-state index in [0.29, 0.717) is 51.3 Å². The van der Waals surface area contributed by atoms with Crippen LogP contribution in [-0.2, 0) is 4.74 Å². The van der Waals surface area contributed by atoms with Crippen molar-refractivity contribution in [2.45, 2.75) is 25.7 Å². The normalized spacial score (nSPS) is 16.8. The van der Waals surface area contributed by atoms with Crippen LogP contribution in [0.2, 0.25) is 0 Å². The lowest BCUT2D eigenvalue weighted by molar-refractivity contribution is -0.0404. The number of aliphatic hydroxyl groups excluding tert-OH is 1. The number of rotatable bonds is 7. The van der Waals surface area contributed by atoms with Crippen LogP contribution in [0, 0.1) is 6.92 Å². The number of nitrogens with one attached hydrogen (secondary N) is 1. The highest BCUT2D eigenvalue weighted by Gasteiger charge is 2.26. The second-order valence-corrected chi connectivity index (χ2v) is 8.93. The first kappa shape index (κ1) is 25.3. The molecule has 1 fully saturated rings. The predicted octanol–water partition coefficient (Wildman–Crippen LogP) is 4.52. The van der Waals surface area contributed by atoms with Gasteiger partial charge in [-0.25, -0.2) is 4.79 Å². The highest BCUT2D eigenvalue weighted by Crippen LogP contribution is 2.34. The van der Waals surface area contributed by atoms with Crippen LogP contribution in [0.1, 0.15) is 22.3 Å². The standard InChI is InChI=1S/C29H27NO8/c1-16-24(37-26-14-20(31)15-36-26)9-7-18-13-23(29(33)38-27(16)18)30-28(32)19-8-10-25(35-3)22(12-19)17-5-4-6-21(11-17)34-2/h4-13,20,26,31H,14-15H2,1-3H3,(H,30,32)/t20-,26+/m0/s1. The molecule has 1 aromatic heterocycles. The first-order valence-electron chi connectivity index (χ1n) is 12.0. The Morgan fingerprint density at radius 1 is 1.03 bits per heavy atom. The van der Waals surface area contributed by atoms with Crippen molar-refractivity contribution in [1.82, 2.24) is 0 Å². The van der Waals surface area contributed by atoms with Crippen molar-refractivity contribution in [3.05, 3.63) is 82.2 Å². The number of fused-ring (bicyclic) bond motifs is 1. The molecule has 1 aliphatic rings. The van der Waals surface area contributed by atoms with Crippen LogP contribution in [0.5, 0.6) is 17.2 Å². The van der Waals surface area contributed by atoms with E-state index in [1.165, 1.54) is 0 Å². The Hall–Kier alpha value is -4.34. The summed E-state index contributed by atoms with van der Waals surface area (Å²) in [6.45, 7) is 1.98. The van der Waals surface area contributed by atoms with Gasteiger partial charge in [0.15, 0.2) is 0 Å². The number of hydrogen-bond acceptors (Lipinski definition) is 8. The number of hydrogen-bond donors (Lipinski definition) is 2. The van der Waals surface area contributed by atoms with Gasteiger partial charge in [-0.3, -0.25) is 4.79 Å². The summed E-state index contributed by atoms with van der Waals surface area (Å²) in [6.07, 6.45) is -0.781. The summed E-state index contributed by atoms with van der Waals surface area (Å²) >= 11 is 0. The molecule has 0 bridgehead atoms. The van der Waals surface area contributed by atoms with Crippen molar-refractivity contribution >= 4 is 22.6 Å². The second kappa shape index (κ2) is 10.6. The molecule has 9 nitrogen and oxygen atoms in total. The first-order chi connectivity index (χ1) is 18.4. The summed E-state index contributed by atoms with van der Waals surface area (Å²) in [7, 11) is 3.14. The molecule has 2 heterocycles. The lowest BCUT2D eigenvalue weighted by Crippen LogP contribution is -2.18. The number of anilines is 1. The van der Waals surface area contributed by atoms with Gasteiger partial charge in [0.05, 0.1) is 26.9 Å². The minimum atomic E-state index is -0.694. The summed E-state index contributed by atoms with van der Waals surface area (Å²) < 4.78 is 27.6. The average molecular weight is 518 g/mol. The quantitative estimate of drug-likeness (QED) is 0.344. The molecule has 2 atom stereocenters. The molecule has 4 aromatic rings. The van der Waals surface area contributed by atoms with E-state index in [4.69, 9.17) is 23.4 Å². The SMILES string of the molecule is COc1cccc(-c2cc(C(=O)Nc3cc4ccc(O[C@@H]5C[C@H](O)CO5)c(C)c4oc3=O)ccc2OC)c1. The molecule has 0 spiro atoms. The van der Waals surface area contributed by atoms with Gasteiger partial charge in [-0.2, -0.15) is 0 Å². The van der Waals surface area contributed by atoms with Crippen LogP contribution in [0.3, 0.4) is 0 Å². The third kappa shape index (κ3) is 5.06. The Bertz CT molecular complexity index is 1560. The maximum atomic E-state index is 13.1. The fraction of sp³-hybridized carbons (Fsp3) is 0.241. The fourth-order valence-electron chi connectivity index (χ4n) is 4.38. The molecule has 9 heteroatoms. The van der Waals surface area contributed by atoms with Crippen LogP contribution < -0.4 is 25.2 Å². The zero-order valence-corrected chi connectivity index (χ0v) is 21.1. The first-order valence-corrected chi connectivity index (χ1v) is 12.0. The van der Waals surface area contributed by atoms with Gasteiger partial charge < -0.3 is 33.8 Å². The number of aliphatic hydroxyl groups is 1. The molecule has 5 rings (SSSR count). The minimum Gasteiger partial charge on any atom is -0.497 e. The molecule has 1 amide bonds. The maximum absolute atomic E-state index is 13.1. The van der Waals surface area contributed by atoms with Gasteiger partial charge >= 0.3 is 5.63 Å². The Kier molecular flexibility index (Phi) is 7.04. The topological polar surface area (TPSA) is 116 Å². The summed E-state index contributed by atoms with van der Waals surface area (Å²) in [5, 5.41) is 12.9. The van der Waals surface area contributed by atoms with Gasteiger partial charge in [0.25, 0.3) is 5.91 Å². The number of amides is 1. The number of benzene rings is 3. The van der Waals surface area contributed by atoms with Gasteiger partial charge in [0, 0.05) is 28.5 Å². The van der Waals surface area contributed by atoms with E-state index in [9.17, 15) is 14.7 Å². The molecule has 1 saturated heterocycles. The summed E-state index contributed by atoms with van der Waals surface area (Å²) in [5.41, 5.74) is 2.12. The highest BCUT2D eigenvalue weighted by atomic mass is 16.7. The molecule has 38 heavy (non-hydrogen) atoms. The zero-order valence-electron chi connectivity index (χ0n) is 21.1. The van der Waals surface area contributed by atoms with Crippen LogP contribution in [0.25, 0.3) is 22.1 Å². The number of methoxy groups -OCH3 is 2. The molecule has 0 saturated carbocycles. The minimum absolute atomic E-state index is 0.0107. The fourth-order valence-corrected chi connectivity index (χ4v) is 4.38. The van der Waals surface area contributed by atoms with Crippen molar-refractivity contribution in [2.75, 3.05) is 26.1 Å².